The molecule has 0 radical (unpaired) electrons. The number of carbonyl (C=O) groups is 3. The Morgan fingerprint density at radius 1 is 1.14 bits per heavy atom. The zero-order valence-electron chi connectivity index (χ0n) is 15.8. The lowest BCUT2D eigenvalue weighted by atomic mass is 10.1. The quantitative estimate of drug-likeness (QED) is 0.694. The van der Waals surface area contributed by atoms with Crippen LogP contribution < -0.4 is 10.2 Å². The number of hydrogen-bond donors (Lipinski definition) is 1. The maximum atomic E-state index is 12.3. The molecule has 29 heavy (non-hydrogen) atoms. The van der Waals surface area contributed by atoms with Crippen molar-refractivity contribution in [1.29, 1.82) is 0 Å². The molecule has 2 aromatic rings. The van der Waals surface area contributed by atoms with Gasteiger partial charge >= 0.3 is 5.97 Å². The van der Waals surface area contributed by atoms with E-state index in [9.17, 15) is 14.4 Å². The Kier molecular flexibility index (Phi) is 6.77. The van der Waals surface area contributed by atoms with Crippen molar-refractivity contribution in [3.8, 4) is 0 Å². The number of nitrogens with one attached hydrogen (secondary N) is 1. The molecule has 1 N–H and O–H groups in total. The second kappa shape index (κ2) is 9.29. The Morgan fingerprint density at radius 3 is 2.41 bits per heavy atom. The molecule has 1 aliphatic rings. The van der Waals surface area contributed by atoms with Gasteiger partial charge in [0.15, 0.2) is 6.61 Å². The molecule has 1 fully saturated rings. The fourth-order valence-electron chi connectivity index (χ4n) is 3.07. The van der Waals surface area contributed by atoms with E-state index in [0.717, 1.165) is 12.1 Å². The van der Waals surface area contributed by atoms with E-state index in [0.29, 0.717) is 0 Å². The zero-order chi connectivity index (χ0) is 21.0. The number of hydrogen-bond acceptors (Lipinski definition) is 4. The number of para-hydroxylation sites is 1. The van der Waals surface area contributed by atoms with E-state index in [1.54, 1.807) is 23.1 Å². The molecule has 0 spiro atoms. The summed E-state index contributed by atoms with van der Waals surface area (Å²) in [6, 6.07) is 12.5. The molecule has 152 valence electrons. The van der Waals surface area contributed by atoms with E-state index >= 15 is 0 Å². The predicted octanol–water partition coefficient (Wildman–Crippen LogP) is 4.09. The third kappa shape index (κ3) is 5.08. The van der Waals surface area contributed by atoms with Crippen LogP contribution in [0, 0.1) is 5.92 Å². The SMILES string of the molecule is CCc1ccc(N2C[C@@H](C(=O)OCC(=O)Nc3c(Cl)cccc3Cl)CC2=O)cc1. The monoisotopic (exact) mass is 434 g/mol. The van der Waals surface area contributed by atoms with Crippen LogP contribution in [0.5, 0.6) is 0 Å². The summed E-state index contributed by atoms with van der Waals surface area (Å²) < 4.78 is 5.09. The van der Waals surface area contributed by atoms with E-state index in [4.69, 9.17) is 27.9 Å². The Bertz CT molecular complexity index is 911. The molecular weight excluding hydrogens is 415 g/mol. The molecule has 0 bridgehead atoms. The summed E-state index contributed by atoms with van der Waals surface area (Å²) in [5, 5.41) is 3.08. The van der Waals surface area contributed by atoms with Crippen LogP contribution >= 0.6 is 23.2 Å². The second-order valence-electron chi connectivity index (χ2n) is 6.68. The lowest BCUT2D eigenvalue weighted by molar-refractivity contribution is -0.151. The largest absolute Gasteiger partial charge is 0.455 e. The zero-order valence-corrected chi connectivity index (χ0v) is 17.3. The van der Waals surface area contributed by atoms with Crippen LogP contribution in [0.1, 0.15) is 18.9 Å². The minimum atomic E-state index is -0.620. The number of benzene rings is 2. The van der Waals surface area contributed by atoms with E-state index in [-0.39, 0.29) is 34.6 Å². The predicted molar refractivity (Wildman–Crippen MR) is 112 cm³/mol. The van der Waals surface area contributed by atoms with Crippen LogP contribution in [0.4, 0.5) is 11.4 Å². The van der Waals surface area contributed by atoms with Crippen molar-refractivity contribution in [3.63, 3.8) is 0 Å². The normalized spacial score (nSPS) is 16.0. The number of nitrogens with zero attached hydrogens (tertiary/aromatic N) is 1. The van der Waals surface area contributed by atoms with Gasteiger partial charge in [-0.15, -0.1) is 0 Å². The average molecular weight is 435 g/mol. The lowest BCUT2D eigenvalue weighted by Crippen LogP contribution is -2.28. The van der Waals surface area contributed by atoms with Crippen molar-refractivity contribution in [2.75, 3.05) is 23.4 Å². The van der Waals surface area contributed by atoms with Gasteiger partial charge in [0.2, 0.25) is 5.91 Å². The number of aryl methyl sites for hydroxylation is 1. The average Bonchev–Trinajstić information content (AvgIpc) is 3.11. The molecule has 2 amide bonds. The third-order valence-electron chi connectivity index (χ3n) is 4.69. The molecule has 6 nitrogen and oxygen atoms in total. The first kappa shape index (κ1) is 21.1. The number of esters is 1. The Hall–Kier alpha value is -2.57. The van der Waals surface area contributed by atoms with Crippen molar-refractivity contribution in [3.05, 3.63) is 58.1 Å². The van der Waals surface area contributed by atoms with Crippen LogP contribution in [-0.4, -0.2) is 30.9 Å². The number of rotatable bonds is 6. The van der Waals surface area contributed by atoms with Crippen LogP contribution in [0.15, 0.2) is 42.5 Å². The fourth-order valence-corrected chi connectivity index (χ4v) is 3.57. The minimum absolute atomic E-state index is 0.0479. The molecule has 1 atom stereocenters. The van der Waals surface area contributed by atoms with E-state index in [1.165, 1.54) is 5.56 Å². The van der Waals surface area contributed by atoms with Crippen molar-refractivity contribution in [2.24, 2.45) is 5.92 Å². The van der Waals surface area contributed by atoms with Gasteiger partial charge in [0, 0.05) is 18.7 Å². The van der Waals surface area contributed by atoms with E-state index < -0.39 is 24.4 Å². The third-order valence-corrected chi connectivity index (χ3v) is 5.32. The summed E-state index contributed by atoms with van der Waals surface area (Å²) in [7, 11) is 0. The summed E-state index contributed by atoms with van der Waals surface area (Å²) in [6.07, 6.45) is 0.955. The second-order valence-corrected chi connectivity index (χ2v) is 7.49. The highest BCUT2D eigenvalue weighted by molar-refractivity contribution is 6.39. The highest BCUT2D eigenvalue weighted by Gasteiger charge is 2.36. The summed E-state index contributed by atoms with van der Waals surface area (Å²) in [5.74, 6) is -1.93. The van der Waals surface area contributed by atoms with Crippen LogP contribution in [0.2, 0.25) is 10.0 Å². The van der Waals surface area contributed by atoms with E-state index in [2.05, 4.69) is 12.2 Å². The maximum Gasteiger partial charge on any atom is 0.311 e. The molecule has 0 saturated carbocycles. The van der Waals surface area contributed by atoms with Crippen molar-refractivity contribution in [1.82, 2.24) is 0 Å². The van der Waals surface area contributed by atoms with Gasteiger partial charge in [-0.25, -0.2) is 0 Å². The van der Waals surface area contributed by atoms with Gasteiger partial charge in [0.05, 0.1) is 21.7 Å². The number of anilines is 2. The minimum Gasteiger partial charge on any atom is -0.455 e. The molecule has 2 aromatic carbocycles. The van der Waals surface area contributed by atoms with Gasteiger partial charge in [-0.2, -0.15) is 0 Å². The first-order chi connectivity index (χ1) is 13.9. The molecular formula is C21H20Cl2N2O4. The summed E-state index contributed by atoms with van der Waals surface area (Å²) in [5.41, 5.74) is 2.17. The summed E-state index contributed by atoms with van der Waals surface area (Å²) in [4.78, 5) is 38.3. The van der Waals surface area contributed by atoms with Gasteiger partial charge in [0.1, 0.15) is 0 Å². The van der Waals surface area contributed by atoms with Gasteiger partial charge < -0.3 is 15.0 Å². The summed E-state index contributed by atoms with van der Waals surface area (Å²) in [6.45, 7) is 1.79. The van der Waals surface area contributed by atoms with Gasteiger partial charge in [-0.3, -0.25) is 14.4 Å². The molecule has 8 heteroatoms. The Balaban J connectivity index is 1.54. The Morgan fingerprint density at radius 2 is 1.79 bits per heavy atom. The van der Waals surface area contributed by atoms with Crippen LogP contribution in [0.3, 0.4) is 0 Å². The van der Waals surface area contributed by atoms with Crippen LogP contribution in [-0.2, 0) is 25.5 Å². The fraction of sp³-hybridized carbons (Fsp3) is 0.286. The van der Waals surface area contributed by atoms with Gasteiger partial charge in [0.25, 0.3) is 5.91 Å². The molecule has 0 aromatic heterocycles. The van der Waals surface area contributed by atoms with Crippen molar-refractivity contribution in [2.45, 2.75) is 19.8 Å². The standard InChI is InChI=1S/C21H20Cl2N2O4/c1-2-13-6-8-15(9-7-13)25-11-14(10-19(25)27)21(28)29-12-18(26)24-20-16(22)4-3-5-17(20)23/h3-9,14H,2,10-12H2,1H3,(H,24,26)/t14-/m0/s1. The molecule has 1 heterocycles. The highest BCUT2D eigenvalue weighted by atomic mass is 35.5. The van der Waals surface area contributed by atoms with Crippen LogP contribution in [0.25, 0.3) is 0 Å². The summed E-state index contributed by atoms with van der Waals surface area (Å²) >= 11 is 12.0. The topological polar surface area (TPSA) is 75.7 Å². The molecule has 1 saturated heterocycles. The number of amides is 2. The van der Waals surface area contributed by atoms with Gasteiger partial charge in [-0.1, -0.05) is 48.3 Å². The highest BCUT2D eigenvalue weighted by Crippen LogP contribution is 2.30. The Labute approximate surface area is 178 Å². The van der Waals surface area contributed by atoms with Gasteiger partial charge in [-0.05, 0) is 36.2 Å². The van der Waals surface area contributed by atoms with Crippen molar-refractivity contribution >= 4 is 52.4 Å². The molecule has 0 unspecified atom stereocenters. The van der Waals surface area contributed by atoms with E-state index in [1.807, 2.05) is 24.3 Å². The first-order valence-electron chi connectivity index (χ1n) is 9.18. The number of halogens is 2. The van der Waals surface area contributed by atoms with Crippen molar-refractivity contribution < 1.29 is 19.1 Å². The lowest BCUT2D eigenvalue weighted by Gasteiger charge is -2.17. The maximum absolute atomic E-state index is 12.3. The molecule has 3 rings (SSSR count). The first-order valence-corrected chi connectivity index (χ1v) is 9.94. The molecule has 1 aliphatic heterocycles. The number of ether oxygens (including phenoxy) is 1. The molecule has 0 aliphatic carbocycles. The smallest absolute Gasteiger partial charge is 0.311 e. The number of carbonyl (C=O) groups excluding carboxylic acids is 3.